The maximum absolute atomic E-state index is 12.4. The van der Waals surface area contributed by atoms with Gasteiger partial charge in [0.05, 0.1) is 12.5 Å². The molecule has 1 heterocycles. The molecule has 0 saturated carbocycles. The Labute approximate surface area is 131 Å². The Balaban J connectivity index is 2.15. The van der Waals surface area contributed by atoms with Crippen molar-refractivity contribution in [1.29, 1.82) is 0 Å². The molecule has 0 radical (unpaired) electrons. The normalized spacial score (nSPS) is 17.4. The third-order valence-corrected chi connectivity index (χ3v) is 4.70. The lowest BCUT2D eigenvalue weighted by atomic mass is 9.85. The van der Waals surface area contributed by atoms with Crippen molar-refractivity contribution in [2.75, 3.05) is 26.1 Å². The third-order valence-electron chi connectivity index (χ3n) is 3.98. The number of benzene rings is 1. The molecule has 0 aliphatic carbocycles. The molecular formula is C17H24O3S. The lowest BCUT2D eigenvalue weighted by Crippen LogP contribution is -2.23. The van der Waals surface area contributed by atoms with Gasteiger partial charge in [0.1, 0.15) is 0 Å². The maximum Gasteiger partial charge on any atom is 0.313 e. The minimum Gasteiger partial charge on any atom is -0.466 e. The van der Waals surface area contributed by atoms with E-state index in [1.165, 1.54) is 4.90 Å². The zero-order valence-electron chi connectivity index (χ0n) is 12.8. The van der Waals surface area contributed by atoms with Crippen LogP contribution in [-0.2, 0) is 14.3 Å². The first kappa shape index (κ1) is 16.4. The quantitative estimate of drug-likeness (QED) is 0.590. The monoisotopic (exact) mass is 308 g/mol. The fraction of sp³-hybridized carbons (Fsp3) is 0.588. The molecule has 1 fully saturated rings. The first-order chi connectivity index (χ1) is 10.2. The van der Waals surface area contributed by atoms with Crippen LogP contribution in [0.5, 0.6) is 0 Å². The van der Waals surface area contributed by atoms with Crippen LogP contribution >= 0.6 is 11.8 Å². The van der Waals surface area contributed by atoms with Crippen molar-refractivity contribution in [1.82, 2.24) is 0 Å². The van der Waals surface area contributed by atoms with Crippen LogP contribution in [-0.4, -0.2) is 32.0 Å². The van der Waals surface area contributed by atoms with Crippen molar-refractivity contribution >= 4 is 17.7 Å². The molecule has 0 bridgehead atoms. The summed E-state index contributed by atoms with van der Waals surface area (Å²) in [7, 11) is 0. The molecule has 1 aromatic rings. The van der Waals surface area contributed by atoms with Crippen LogP contribution in [0.15, 0.2) is 29.2 Å². The average Bonchev–Trinajstić information content (AvgIpc) is 2.54. The van der Waals surface area contributed by atoms with E-state index in [0.717, 1.165) is 38.0 Å². The molecule has 1 atom stereocenters. The van der Waals surface area contributed by atoms with Crippen LogP contribution in [0.2, 0.25) is 0 Å². The molecular weight excluding hydrogens is 284 g/mol. The largest absolute Gasteiger partial charge is 0.466 e. The van der Waals surface area contributed by atoms with Crippen molar-refractivity contribution in [3.8, 4) is 0 Å². The van der Waals surface area contributed by atoms with Crippen molar-refractivity contribution < 1.29 is 14.3 Å². The van der Waals surface area contributed by atoms with Crippen LogP contribution in [0.25, 0.3) is 0 Å². The van der Waals surface area contributed by atoms with E-state index in [1.54, 1.807) is 11.8 Å². The number of hydrogen-bond donors (Lipinski definition) is 0. The van der Waals surface area contributed by atoms with E-state index < -0.39 is 0 Å². The molecule has 1 aliphatic heterocycles. The minimum absolute atomic E-state index is 0.0951. The molecule has 1 saturated heterocycles. The van der Waals surface area contributed by atoms with Crippen LogP contribution in [0.1, 0.15) is 37.7 Å². The number of hydrogen-bond acceptors (Lipinski definition) is 4. The lowest BCUT2D eigenvalue weighted by Gasteiger charge is -2.26. The molecule has 21 heavy (non-hydrogen) atoms. The van der Waals surface area contributed by atoms with Crippen LogP contribution in [0.4, 0.5) is 0 Å². The van der Waals surface area contributed by atoms with Gasteiger partial charge in [0.15, 0.2) is 0 Å². The second-order valence-corrected chi connectivity index (χ2v) is 6.25. The summed E-state index contributed by atoms with van der Waals surface area (Å²) >= 11 is 1.70. The summed E-state index contributed by atoms with van der Waals surface area (Å²) < 4.78 is 10.7. The van der Waals surface area contributed by atoms with Crippen molar-refractivity contribution in [3.63, 3.8) is 0 Å². The average molecular weight is 308 g/mol. The van der Waals surface area contributed by atoms with E-state index >= 15 is 0 Å². The van der Waals surface area contributed by atoms with E-state index in [9.17, 15) is 4.79 Å². The summed E-state index contributed by atoms with van der Waals surface area (Å²) in [6.45, 7) is 3.92. The highest BCUT2D eigenvalue weighted by Crippen LogP contribution is 2.32. The number of esters is 1. The number of carbonyl (C=O) groups is 1. The maximum atomic E-state index is 12.4. The van der Waals surface area contributed by atoms with Crippen molar-refractivity contribution in [3.05, 3.63) is 29.8 Å². The second kappa shape index (κ2) is 8.44. The van der Waals surface area contributed by atoms with Gasteiger partial charge >= 0.3 is 5.97 Å². The van der Waals surface area contributed by atoms with Crippen LogP contribution < -0.4 is 0 Å². The van der Waals surface area contributed by atoms with Gasteiger partial charge < -0.3 is 9.47 Å². The SMILES string of the molecule is CCOC(=O)C(CC1CCOCC1)c1cccc(SC)c1. The number of carbonyl (C=O) groups excluding carboxylic acids is 1. The van der Waals surface area contributed by atoms with Crippen LogP contribution in [0.3, 0.4) is 0 Å². The first-order valence-corrected chi connectivity index (χ1v) is 8.85. The topological polar surface area (TPSA) is 35.5 Å². The summed E-state index contributed by atoms with van der Waals surface area (Å²) in [6.07, 6.45) is 4.99. The second-order valence-electron chi connectivity index (χ2n) is 5.37. The standard InChI is InChI=1S/C17H24O3S/c1-3-20-17(18)16(11-13-7-9-19-10-8-13)14-5-4-6-15(12-14)21-2/h4-6,12-13,16H,3,7-11H2,1-2H3. The Morgan fingerprint density at radius 1 is 1.43 bits per heavy atom. The number of ether oxygens (including phenoxy) is 2. The van der Waals surface area contributed by atoms with Gasteiger partial charge in [-0.05, 0) is 56.1 Å². The molecule has 1 aromatic carbocycles. The predicted molar refractivity (Wildman–Crippen MR) is 85.8 cm³/mol. The Bertz CT molecular complexity index is 455. The van der Waals surface area contributed by atoms with E-state index in [1.807, 2.05) is 19.1 Å². The fourth-order valence-electron chi connectivity index (χ4n) is 2.78. The molecule has 3 nitrogen and oxygen atoms in total. The van der Waals surface area contributed by atoms with Crippen LogP contribution in [0, 0.1) is 5.92 Å². The smallest absolute Gasteiger partial charge is 0.313 e. The van der Waals surface area contributed by atoms with Gasteiger partial charge in [-0.25, -0.2) is 0 Å². The van der Waals surface area contributed by atoms with Gasteiger partial charge in [0.2, 0.25) is 0 Å². The zero-order chi connectivity index (χ0) is 15.1. The molecule has 1 aliphatic rings. The molecule has 0 spiro atoms. The van der Waals surface area contributed by atoms with Gasteiger partial charge in [-0.1, -0.05) is 12.1 Å². The molecule has 1 unspecified atom stereocenters. The van der Waals surface area contributed by atoms with E-state index in [-0.39, 0.29) is 11.9 Å². The molecule has 2 rings (SSSR count). The predicted octanol–water partition coefficient (Wildman–Crippen LogP) is 3.87. The summed E-state index contributed by atoms with van der Waals surface area (Å²) in [5.74, 6) is 0.300. The molecule has 116 valence electrons. The summed E-state index contributed by atoms with van der Waals surface area (Å²) in [5, 5.41) is 0. The van der Waals surface area contributed by atoms with E-state index in [2.05, 4.69) is 18.4 Å². The molecule has 0 N–H and O–H groups in total. The van der Waals surface area contributed by atoms with Gasteiger partial charge in [0.25, 0.3) is 0 Å². The minimum atomic E-state index is -0.153. The highest BCUT2D eigenvalue weighted by atomic mass is 32.2. The Morgan fingerprint density at radius 3 is 2.86 bits per heavy atom. The van der Waals surface area contributed by atoms with Crippen molar-refractivity contribution in [2.45, 2.75) is 37.0 Å². The van der Waals surface area contributed by atoms with Gasteiger partial charge in [-0.3, -0.25) is 4.79 Å². The lowest BCUT2D eigenvalue weighted by molar-refractivity contribution is -0.145. The van der Waals surface area contributed by atoms with Gasteiger partial charge in [-0.2, -0.15) is 0 Å². The van der Waals surface area contributed by atoms with Gasteiger partial charge in [0, 0.05) is 18.1 Å². The zero-order valence-corrected chi connectivity index (χ0v) is 13.7. The molecule has 4 heteroatoms. The summed E-state index contributed by atoms with van der Waals surface area (Å²) in [6, 6.07) is 8.26. The molecule has 0 aromatic heterocycles. The van der Waals surface area contributed by atoms with E-state index in [4.69, 9.17) is 9.47 Å². The van der Waals surface area contributed by atoms with Gasteiger partial charge in [-0.15, -0.1) is 11.8 Å². The molecule has 0 amide bonds. The van der Waals surface area contributed by atoms with E-state index in [0.29, 0.717) is 12.5 Å². The third kappa shape index (κ3) is 4.75. The summed E-state index contributed by atoms with van der Waals surface area (Å²) in [4.78, 5) is 13.5. The van der Waals surface area contributed by atoms with Crippen molar-refractivity contribution in [2.24, 2.45) is 5.92 Å². The Kier molecular flexibility index (Phi) is 6.58. The fourth-order valence-corrected chi connectivity index (χ4v) is 3.25. The highest BCUT2D eigenvalue weighted by molar-refractivity contribution is 7.98. The Hall–Kier alpha value is -1.00. The first-order valence-electron chi connectivity index (χ1n) is 7.63. The number of rotatable bonds is 6. The highest BCUT2D eigenvalue weighted by Gasteiger charge is 2.27. The number of thioether (sulfide) groups is 1. The summed E-state index contributed by atoms with van der Waals surface area (Å²) in [5.41, 5.74) is 1.08. The Morgan fingerprint density at radius 2 is 2.19 bits per heavy atom.